The van der Waals surface area contributed by atoms with Crippen molar-refractivity contribution >= 4 is 11.8 Å². The minimum absolute atomic E-state index is 0.111. The number of unbranched alkanes of at least 4 members (excludes halogenated alkanes) is 1. The minimum atomic E-state index is -3.24. The van der Waals surface area contributed by atoms with E-state index in [1.165, 1.54) is 19.4 Å². The molecule has 8 heteroatoms. The van der Waals surface area contributed by atoms with E-state index < -0.39 is 17.7 Å². The molecule has 38 heavy (non-hydrogen) atoms. The molecular weight excluding hydrogens is 490 g/mol. The number of halogens is 2. The maximum absolute atomic E-state index is 13.2. The van der Waals surface area contributed by atoms with Gasteiger partial charge in [0.25, 0.3) is 0 Å². The SMILES string of the molecule is CCCCc1ccc(N(CCc2ccc(OC(C)(C)C(=O)O)cc2)Cc2ccc(OC(C)(F)F)cc2)nc1. The quantitative estimate of drug-likeness (QED) is 0.246. The van der Waals surface area contributed by atoms with Crippen molar-refractivity contribution in [3.05, 3.63) is 83.6 Å². The van der Waals surface area contributed by atoms with Crippen LogP contribution in [0.15, 0.2) is 66.9 Å². The summed E-state index contributed by atoms with van der Waals surface area (Å²) in [7, 11) is 0. The molecule has 0 atom stereocenters. The molecule has 0 aliphatic heterocycles. The van der Waals surface area contributed by atoms with E-state index >= 15 is 0 Å². The molecule has 0 aliphatic carbocycles. The molecule has 3 rings (SSSR count). The number of alkyl halides is 2. The Bertz CT molecular complexity index is 1160. The Labute approximate surface area is 223 Å². The predicted molar refractivity (Wildman–Crippen MR) is 144 cm³/mol. The van der Waals surface area contributed by atoms with Gasteiger partial charge >= 0.3 is 12.1 Å². The van der Waals surface area contributed by atoms with Crippen LogP contribution in [0.25, 0.3) is 0 Å². The van der Waals surface area contributed by atoms with Gasteiger partial charge in [0, 0.05) is 26.2 Å². The molecule has 0 saturated carbocycles. The number of carbonyl (C=O) groups is 1. The Kier molecular flexibility index (Phi) is 9.66. The summed E-state index contributed by atoms with van der Waals surface area (Å²) in [5.41, 5.74) is 1.87. The topological polar surface area (TPSA) is 71.9 Å². The molecule has 0 aliphatic rings. The first kappa shape index (κ1) is 28.9. The number of nitrogens with zero attached hydrogens (tertiary/aromatic N) is 2. The van der Waals surface area contributed by atoms with E-state index in [1.807, 2.05) is 24.4 Å². The number of carboxylic acid groups (broad SMARTS) is 1. The number of pyridine rings is 1. The largest absolute Gasteiger partial charge is 0.478 e. The van der Waals surface area contributed by atoms with Gasteiger partial charge in [-0.25, -0.2) is 9.78 Å². The predicted octanol–water partition coefficient (Wildman–Crippen LogP) is 6.91. The van der Waals surface area contributed by atoms with Crippen LogP contribution in [0.2, 0.25) is 0 Å². The van der Waals surface area contributed by atoms with Crippen molar-refractivity contribution in [3.8, 4) is 11.5 Å². The second-order valence-electron chi connectivity index (χ2n) is 9.92. The third-order valence-corrected chi connectivity index (χ3v) is 6.03. The zero-order chi connectivity index (χ0) is 27.8. The van der Waals surface area contributed by atoms with Crippen LogP contribution < -0.4 is 14.4 Å². The van der Waals surface area contributed by atoms with Gasteiger partial charge in [0.15, 0.2) is 5.60 Å². The van der Waals surface area contributed by atoms with Crippen LogP contribution in [-0.2, 0) is 24.2 Å². The Morgan fingerprint density at radius 3 is 1.97 bits per heavy atom. The monoisotopic (exact) mass is 526 g/mol. The fourth-order valence-electron chi connectivity index (χ4n) is 3.82. The standard InChI is InChI=1S/C30H36F2N2O4/c1-5-6-7-23-12-17-27(33-20-23)34(21-24-10-15-26(16-11-24)38-30(4,31)32)19-18-22-8-13-25(14-9-22)37-29(2,3)28(35)36/h8-17,20H,5-7,18-19,21H2,1-4H3,(H,35,36). The van der Waals surface area contributed by atoms with Crippen LogP contribution in [-0.4, -0.2) is 34.3 Å². The molecule has 1 N–H and O–H groups in total. The highest BCUT2D eigenvalue weighted by molar-refractivity contribution is 5.76. The maximum Gasteiger partial charge on any atom is 0.394 e. The smallest absolute Gasteiger partial charge is 0.394 e. The zero-order valence-corrected chi connectivity index (χ0v) is 22.4. The molecule has 0 amide bonds. The number of ether oxygens (including phenoxy) is 2. The number of anilines is 1. The summed E-state index contributed by atoms with van der Waals surface area (Å²) in [4.78, 5) is 18.2. The first-order valence-corrected chi connectivity index (χ1v) is 12.8. The lowest BCUT2D eigenvalue weighted by molar-refractivity contribution is -0.159. The fraction of sp³-hybridized carbons (Fsp3) is 0.400. The Hall–Kier alpha value is -3.68. The molecular formula is C30H36F2N2O4. The van der Waals surface area contributed by atoms with Crippen molar-refractivity contribution in [3.63, 3.8) is 0 Å². The Morgan fingerprint density at radius 2 is 1.45 bits per heavy atom. The van der Waals surface area contributed by atoms with E-state index in [9.17, 15) is 18.7 Å². The molecule has 0 spiro atoms. The minimum Gasteiger partial charge on any atom is -0.478 e. The van der Waals surface area contributed by atoms with E-state index in [-0.39, 0.29) is 5.75 Å². The molecule has 3 aromatic rings. The number of aryl methyl sites for hydroxylation is 1. The second kappa shape index (κ2) is 12.7. The highest BCUT2D eigenvalue weighted by Crippen LogP contribution is 2.24. The van der Waals surface area contributed by atoms with Crippen LogP contribution in [0.5, 0.6) is 11.5 Å². The number of hydrogen-bond donors (Lipinski definition) is 1. The molecule has 1 aromatic heterocycles. The molecule has 0 radical (unpaired) electrons. The molecule has 1 heterocycles. The van der Waals surface area contributed by atoms with Crippen LogP contribution in [0.1, 0.15) is 57.2 Å². The van der Waals surface area contributed by atoms with Gasteiger partial charge in [-0.15, -0.1) is 0 Å². The third kappa shape index (κ3) is 9.01. The van der Waals surface area contributed by atoms with Gasteiger partial charge in [-0.05, 0) is 80.1 Å². The molecule has 0 fully saturated rings. The van der Waals surface area contributed by atoms with Gasteiger partial charge < -0.3 is 19.5 Å². The molecule has 0 unspecified atom stereocenters. The van der Waals surface area contributed by atoms with Crippen molar-refractivity contribution < 1.29 is 28.2 Å². The summed E-state index contributed by atoms with van der Waals surface area (Å²) in [6.45, 7) is 7.09. The molecule has 2 aromatic carbocycles. The molecule has 0 bridgehead atoms. The number of rotatable bonds is 14. The number of benzene rings is 2. The highest BCUT2D eigenvalue weighted by Gasteiger charge is 2.29. The summed E-state index contributed by atoms with van der Waals surface area (Å²) < 4.78 is 36.6. The summed E-state index contributed by atoms with van der Waals surface area (Å²) >= 11 is 0. The summed E-state index contributed by atoms with van der Waals surface area (Å²) in [6, 6.07) is 18.1. The van der Waals surface area contributed by atoms with E-state index in [0.29, 0.717) is 32.2 Å². The molecule has 204 valence electrons. The number of aromatic nitrogens is 1. The Balaban J connectivity index is 1.73. The third-order valence-electron chi connectivity index (χ3n) is 6.03. The average Bonchev–Trinajstić information content (AvgIpc) is 2.86. The zero-order valence-electron chi connectivity index (χ0n) is 22.4. The van der Waals surface area contributed by atoms with Gasteiger partial charge in [0.1, 0.15) is 17.3 Å². The summed E-state index contributed by atoms with van der Waals surface area (Å²) in [6.07, 6.45) is 2.61. The van der Waals surface area contributed by atoms with Crippen LogP contribution >= 0.6 is 0 Å². The highest BCUT2D eigenvalue weighted by atomic mass is 19.3. The van der Waals surface area contributed by atoms with Gasteiger partial charge in [-0.2, -0.15) is 8.78 Å². The normalized spacial score (nSPS) is 11.7. The van der Waals surface area contributed by atoms with Crippen molar-refractivity contribution in [2.24, 2.45) is 0 Å². The summed E-state index contributed by atoms with van der Waals surface area (Å²) in [5, 5.41) is 9.28. The first-order valence-electron chi connectivity index (χ1n) is 12.8. The van der Waals surface area contributed by atoms with E-state index in [0.717, 1.165) is 36.2 Å². The lowest BCUT2D eigenvalue weighted by Gasteiger charge is -2.25. The van der Waals surface area contributed by atoms with E-state index in [4.69, 9.17) is 9.72 Å². The fourth-order valence-corrected chi connectivity index (χ4v) is 3.82. The van der Waals surface area contributed by atoms with Gasteiger partial charge in [0.05, 0.1) is 0 Å². The van der Waals surface area contributed by atoms with E-state index in [2.05, 4.69) is 22.6 Å². The van der Waals surface area contributed by atoms with Gasteiger partial charge in [-0.1, -0.05) is 43.7 Å². The summed E-state index contributed by atoms with van der Waals surface area (Å²) in [5.74, 6) is 0.393. The van der Waals surface area contributed by atoms with Gasteiger partial charge in [0.2, 0.25) is 0 Å². The second-order valence-corrected chi connectivity index (χ2v) is 9.92. The van der Waals surface area contributed by atoms with Crippen molar-refractivity contribution in [2.45, 2.75) is 71.6 Å². The maximum atomic E-state index is 13.2. The van der Waals surface area contributed by atoms with Crippen LogP contribution in [0, 0.1) is 0 Å². The van der Waals surface area contributed by atoms with Gasteiger partial charge in [-0.3, -0.25) is 0 Å². The van der Waals surface area contributed by atoms with Crippen molar-refractivity contribution in [1.82, 2.24) is 4.98 Å². The van der Waals surface area contributed by atoms with Crippen molar-refractivity contribution in [1.29, 1.82) is 0 Å². The lowest BCUT2D eigenvalue weighted by Crippen LogP contribution is -2.37. The average molecular weight is 527 g/mol. The molecule has 0 saturated heterocycles. The first-order chi connectivity index (χ1) is 17.9. The van der Waals surface area contributed by atoms with Crippen LogP contribution in [0.3, 0.4) is 0 Å². The van der Waals surface area contributed by atoms with Crippen molar-refractivity contribution in [2.75, 3.05) is 11.4 Å². The van der Waals surface area contributed by atoms with Crippen LogP contribution in [0.4, 0.5) is 14.6 Å². The molecule has 6 nitrogen and oxygen atoms in total. The van der Waals surface area contributed by atoms with E-state index in [1.54, 1.807) is 36.4 Å². The number of hydrogen-bond acceptors (Lipinski definition) is 5. The number of carboxylic acids is 1. The number of aliphatic carboxylic acids is 1. The Morgan fingerprint density at radius 1 is 0.868 bits per heavy atom. The lowest BCUT2D eigenvalue weighted by atomic mass is 10.1.